The first-order chi connectivity index (χ1) is 7.54. The second-order valence-corrected chi connectivity index (χ2v) is 3.75. The van der Waals surface area contributed by atoms with Gasteiger partial charge in [-0.25, -0.2) is 0 Å². The number of amides is 1. The first-order valence-electron chi connectivity index (χ1n) is 4.58. The van der Waals surface area contributed by atoms with E-state index in [1.807, 2.05) is 6.92 Å². The molecule has 1 amide bonds. The average Bonchev–Trinajstić information content (AvgIpc) is 2.55. The molecule has 0 saturated carbocycles. The van der Waals surface area contributed by atoms with E-state index in [1.165, 1.54) is 4.68 Å². The maximum absolute atomic E-state index is 11.6. The number of carbonyl (C=O) groups excluding carboxylic acids is 1. The Hall–Kier alpha value is -1.34. The van der Waals surface area contributed by atoms with Crippen LogP contribution < -0.4 is 16.2 Å². The monoisotopic (exact) mass is 261 g/mol. The van der Waals surface area contributed by atoms with Crippen LogP contribution in [0.15, 0.2) is 6.20 Å². The average molecular weight is 262 g/mol. The van der Waals surface area contributed by atoms with Crippen LogP contribution in [-0.2, 0) is 7.05 Å². The van der Waals surface area contributed by atoms with Crippen LogP contribution in [0, 0.1) is 0 Å². The van der Waals surface area contributed by atoms with Crippen molar-refractivity contribution in [3.8, 4) is 0 Å². The molecule has 0 aliphatic heterocycles. The van der Waals surface area contributed by atoms with Crippen molar-refractivity contribution in [2.75, 3.05) is 6.54 Å². The summed E-state index contributed by atoms with van der Waals surface area (Å²) >= 11 is 10.7. The lowest BCUT2D eigenvalue weighted by atomic mass is 10.4. The third-order valence-electron chi connectivity index (χ3n) is 1.63. The van der Waals surface area contributed by atoms with E-state index >= 15 is 0 Å². The molecular formula is C8H12ClN5OS. The molecule has 1 aromatic heterocycles. The van der Waals surface area contributed by atoms with Gasteiger partial charge in [0.1, 0.15) is 0 Å². The van der Waals surface area contributed by atoms with Crippen LogP contribution in [-0.4, -0.2) is 27.3 Å². The molecule has 0 atom stereocenters. The number of aromatic nitrogens is 2. The van der Waals surface area contributed by atoms with E-state index in [9.17, 15) is 4.79 Å². The Morgan fingerprint density at radius 1 is 1.62 bits per heavy atom. The van der Waals surface area contributed by atoms with Crippen molar-refractivity contribution in [3.63, 3.8) is 0 Å². The molecular weight excluding hydrogens is 250 g/mol. The van der Waals surface area contributed by atoms with Gasteiger partial charge in [-0.05, 0) is 19.1 Å². The van der Waals surface area contributed by atoms with E-state index in [1.54, 1.807) is 13.2 Å². The molecule has 0 aromatic carbocycles. The van der Waals surface area contributed by atoms with Crippen LogP contribution in [0.4, 0.5) is 0 Å². The quantitative estimate of drug-likeness (QED) is 0.524. The summed E-state index contributed by atoms with van der Waals surface area (Å²) in [6.45, 7) is 2.57. The third kappa shape index (κ3) is 3.35. The fourth-order valence-electron chi connectivity index (χ4n) is 0.991. The second kappa shape index (κ2) is 5.66. The van der Waals surface area contributed by atoms with Crippen molar-refractivity contribution in [3.05, 3.63) is 16.9 Å². The lowest BCUT2D eigenvalue weighted by molar-refractivity contribution is 0.0938. The van der Waals surface area contributed by atoms with Gasteiger partial charge in [0.15, 0.2) is 10.8 Å². The van der Waals surface area contributed by atoms with Gasteiger partial charge in [-0.3, -0.25) is 20.3 Å². The molecule has 0 spiro atoms. The summed E-state index contributed by atoms with van der Waals surface area (Å²) in [5.41, 5.74) is 5.07. The van der Waals surface area contributed by atoms with Gasteiger partial charge in [0.2, 0.25) is 0 Å². The Balaban J connectivity index is 2.53. The predicted molar refractivity (Wildman–Crippen MR) is 65.1 cm³/mol. The maximum atomic E-state index is 11.6. The highest BCUT2D eigenvalue weighted by Crippen LogP contribution is 2.12. The molecule has 0 aliphatic rings. The summed E-state index contributed by atoms with van der Waals surface area (Å²) in [5.74, 6) is -0.439. The van der Waals surface area contributed by atoms with E-state index in [4.69, 9.17) is 23.8 Å². The van der Waals surface area contributed by atoms with Gasteiger partial charge in [0.05, 0.1) is 5.02 Å². The molecule has 1 aromatic rings. The molecule has 1 heterocycles. The zero-order valence-corrected chi connectivity index (χ0v) is 10.4. The van der Waals surface area contributed by atoms with Crippen molar-refractivity contribution < 1.29 is 4.79 Å². The Labute approximate surface area is 103 Å². The molecule has 0 unspecified atom stereocenters. The smallest absolute Gasteiger partial charge is 0.291 e. The van der Waals surface area contributed by atoms with E-state index in [0.29, 0.717) is 11.7 Å². The normalized spacial score (nSPS) is 9.69. The van der Waals surface area contributed by atoms with Crippen LogP contribution in [0.25, 0.3) is 0 Å². The van der Waals surface area contributed by atoms with E-state index < -0.39 is 5.91 Å². The summed E-state index contributed by atoms with van der Waals surface area (Å²) in [5, 5.41) is 7.35. The minimum Gasteiger partial charge on any atom is -0.362 e. The molecule has 1 rings (SSSR count). The Morgan fingerprint density at radius 3 is 2.81 bits per heavy atom. The first-order valence-corrected chi connectivity index (χ1v) is 5.36. The van der Waals surface area contributed by atoms with Crippen LogP contribution >= 0.6 is 23.8 Å². The van der Waals surface area contributed by atoms with Crippen molar-refractivity contribution >= 4 is 34.8 Å². The minimum atomic E-state index is -0.439. The van der Waals surface area contributed by atoms with Crippen LogP contribution in [0.2, 0.25) is 5.02 Å². The number of nitrogens with zero attached hydrogens (tertiary/aromatic N) is 2. The van der Waals surface area contributed by atoms with E-state index in [2.05, 4.69) is 21.3 Å². The number of aryl methyl sites for hydroxylation is 1. The third-order valence-corrected chi connectivity index (χ3v) is 2.15. The zero-order valence-electron chi connectivity index (χ0n) is 8.87. The van der Waals surface area contributed by atoms with E-state index in [-0.39, 0.29) is 10.7 Å². The molecule has 0 radical (unpaired) electrons. The summed E-state index contributed by atoms with van der Waals surface area (Å²) in [7, 11) is 1.68. The minimum absolute atomic E-state index is 0.149. The van der Waals surface area contributed by atoms with Gasteiger partial charge in [-0.15, -0.1) is 0 Å². The van der Waals surface area contributed by atoms with Gasteiger partial charge in [0, 0.05) is 19.8 Å². The lowest BCUT2D eigenvalue weighted by Gasteiger charge is -2.08. The number of halogens is 1. The zero-order chi connectivity index (χ0) is 12.1. The highest BCUT2D eigenvalue weighted by atomic mass is 35.5. The summed E-state index contributed by atoms with van der Waals surface area (Å²) in [6, 6.07) is 0. The standard InChI is InChI=1S/C8H12ClN5OS/c1-3-10-8(16)12-11-7(15)6-5(9)4-14(2)13-6/h4H,3H2,1-2H3,(H,11,15)(H2,10,12,16). The van der Waals surface area contributed by atoms with Gasteiger partial charge in [-0.1, -0.05) is 11.6 Å². The van der Waals surface area contributed by atoms with E-state index in [0.717, 1.165) is 0 Å². The van der Waals surface area contributed by atoms with Crippen LogP contribution in [0.5, 0.6) is 0 Å². The van der Waals surface area contributed by atoms with Gasteiger partial charge in [-0.2, -0.15) is 5.10 Å². The SMILES string of the molecule is CCNC(=S)NNC(=O)c1nn(C)cc1Cl. The molecule has 0 bridgehead atoms. The molecule has 16 heavy (non-hydrogen) atoms. The second-order valence-electron chi connectivity index (χ2n) is 2.94. The predicted octanol–water partition coefficient (Wildman–Crippen LogP) is 0.202. The van der Waals surface area contributed by atoms with Crippen molar-refractivity contribution in [2.24, 2.45) is 7.05 Å². The number of hydrogen-bond donors (Lipinski definition) is 3. The molecule has 0 saturated heterocycles. The molecule has 3 N–H and O–H groups in total. The molecule has 0 aliphatic carbocycles. The number of rotatable bonds is 2. The summed E-state index contributed by atoms with van der Waals surface area (Å²) in [4.78, 5) is 11.6. The fourth-order valence-corrected chi connectivity index (χ4v) is 1.45. The highest BCUT2D eigenvalue weighted by Gasteiger charge is 2.14. The van der Waals surface area contributed by atoms with Crippen molar-refractivity contribution in [1.82, 2.24) is 25.9 Å². The lowest BCUT2D eigenvalue weighted by Crippen LogP contribution is -2.46. The molecule has 8 heteroatoms. The Kier molecular flexibility index (Phi) is 4.51. The van der Waals surface area contributed by atoms with Gasteiger partial charge < -0.3 is 5.32 Å². The number of hydrazine groups is 1. The van der Waals surface area contributed by atoms with Crippen molar-refractivity contribution in [1.29, 1.82) is 0 Å². The highest BCUT2D eigenvalue weighted by molar-refractivity contribution is 7.80. The van der Waals surface area contributed by atoms with Crippen LogP contribution in [0.3, 0.4) is 0 Å². The number of carbonyl (C=O) groups is 1. The topological polar surface area (TPSA) is 71.0 Å². The van der Waals surface area contributed by atoms with Crippen LogP contribution in [0.1, 0.15) is 17.4 Å². The summed E-state index contributed by atoms with van der Waals surface area (Å²) in [6.07, 6.45) is 1.54. The molecule has 88 valence electrons. The number of hydrogen-bond acceptors (Lipinski definition) is 3. The fraction of sp³-hybridized carbons (Fsp3) is 0.375. The number of thiocarbonyl (C=S) groups is 1. The maximum Gasteiger partial charge on any atom is 0.291 e. The Morgan fingerprint density at radius 2 is 2.31 bits per heavy atom. The van der Waals surface area contributed by atoms with Gasteiger partial charge >= 0.3 is 0 Å². The Bertz CT molecular complexity index is 405. The molecule has 0 fully saturated rings. The largest absolute Gasteiger partial charge is 0.362 e. The first kappa shape index (κ1) is 12.7. The molecule has 6 nitrogen and oxygen atoms in total. The van der Waals surface area contributed by atoms with Gasteiger partial charge in [0.25, 0.3) is 5.91 Å². The number of nitrogens with one attached hydrogen (secondary N) is 3. The van der Waals surface area contributed by atoms with Crippen molar-refractivity contribution in [2.45, 2.75) is 6.92 Å². The summed E-state index contributed by atoms with van der Waals surface area (Å²) < 4.78 is 1.46.